The number of rotatable bonds is 2. The molecule has 1 N–H and O–H groups in total. The molecule has 2 aromatic rings. The number of nitrogens with zero attached hydrogens (tertiary/aromatic N) is 3. The second kappa shape index (κ2) is 6.08. The van der Waals surface area contributed by atoms with E-state index in [1.807, 2.05) is 0 Å². The molecule has 130 valence electrons. The number of nitrogens with one attached hydrogen (secondary N) is 1. The number of halogens is 3. The van der Waals surface area contributed by atoms with E-state index in [4.69, 9.17) is 0 Å². The smallest absolute Gasteiger partial charge is 0.360 e. The molecular formula is C16H19F3N4O. The Bertz CT molecular complexity index is 730. The molecule has 0 aliphatic carbocycles. The summed E-state index contributed by atoms with van der Waals surface area (Å²) < 4.78 is 38.1. The zero-order valence-electron chi connectivity index (χ0n) is 13.5. The third kappa shape index (κ3) is 3.38. The summed E-state index contributed by atoms with van der Waals surface area (Å²) in [6, 6.07) is 4.46. The van der Waals surface area contributed by atoms with Crippen molar-refractivity contribution in [2.75, 3.05) is 19.6 Å². The largest absolute Gasteiger partial charge is 0.401 e. The molecule has 1 saturated heterocycles. The van der Waals surface area contributed by atoms with E-state index in [2.05, 4.69) is 9.97 Å². The number of aromatic nitrogens is 2. The molecule has 0 spiro atoms. The van der Waals surface area contributed by atoms with Gasteiger partial charge >= 0.3 is 6.18 Å². The van der Waals surface area contributed by atoms with Crippen LogP contribution in [0.25, 0.3) is 11.0 Å². The van der Waals surface area contributed by atoms with E-state index in [0.717, 1.165) is 5.52 Å². The molecule has 3 rings (SSSR count). The molecule has 0 unspecified atom stereocenters. The number of alkyl halides is 3. The summed E-state index contributed by atoms with van der Waals surface area (Å²) in [4.78, 5) is 23.0. The maximum absolute atomic E-state index is 12.7. The van der Waals surface area contributed by atoms with E-state index in [1.54, 1.807) is 43.1 Å². The monoisotopic (exact) mass is 340 g/mol. The molecule has 3 heterocycles. The van der Waals surface area contributed by atoms with Crippen LogP contribution in [0.15, 0.2) is 24.4 Å². The van der Waals surface area contributed by atoms with Gasteiger partial charge in [-0.25, -0.2) is 4.98 Å². The summed E-state index contributed by atoms with van der Waals surface area (Å²) in [5.74, 6) is -0.247. The molecule has 1 aliphatic heterocycles. The van der Waals surface area contributed by atoms with Crippen LogP contribution < -0.4 is 0 Å². The van der Waals surface area contributed by atoms with Gasteiger partial charge in [-0.1, -0.05) is 0 Å². The Kier molecular flexibility index (Phi) is 4.25. The van der Waals surface area contributed by atoms with E-state index < -0.39 is 12.7 Å². The van der Waals surface area contributed by atoms with Crippen LogP contribution >= 0.6 is 0 Å². The molecule has 2 atom stereocenters. The highest BCUT2D eigenvalue weighted by atomic mass is 19.4. The number of hydrogen-bond donors (Lipinski definition) is 1. The summed E-state index contributed by atoms with van der Waals surface area (Å²) in [5, 5.41) is 0. The van der Waals surface area contributed by atoms with Gasteiger partial charge in [-0.05, 0) is 32.0 Å². The number of fused-ring (bicyclic) bond motifs is 1. The quantitative estimate of drug-likeness (QED) is 0.914. The molecule has 1 amide bonds. The normalized spacial score (nSPS) is 23.0. The highest BCUT2D eigenvalue weighted by molar-refractivity contribution is 5.94. The van der Waals surface area contributed by atoms with Crippen LogP contribution in [0.2, 0.25) is 0 Å². The number of pyridine rings is 1. The maximum Gasteiger partial charge on any atom is 0.401 e. The van der Waals surface area contributed by atoms with E-state index >= 15 is 0 Å². The molecule has 0 radical (unpaired) electrons. The summed E-state index contributed by atoms with van der Waals surface area (Å²) in [6.07, 6.45) is -2.50. The Morgan fingerprint density at radius 1 is 1.25 bits per heavy atom. The lowest BCUT2D eigenvalue weighted by Gasteiger charge is -2.44. The topological polar surface area (TPSA) is 52.2 Å². The number of amides is 1. The van der Waals surface area contributed by atoms with Crippen LogP contribution in [0.5, 0.6) is 0 Å². The second-order valence-corrected chi connectivity index (χ2v) is 6.30. The summed E-state index contributed by atoms with van der Waals surface area (Å²) in [5.41, 5.74) is 1.84. The average molecular weight is 340 g/mol. The van der Waals surface area contributed by atoms with Gasteiger partial charge in [0.2, 0.25) is 0 Å². The van der Waals surface area contributed by atoms with Crippen LogP contribution in [-0.4, -0.2) is 63.6 Å². The van der Waals surface area contributed by atoms with Crippen LogP contribution in [0, 0.1) is 0 Å². The first-order valence-corrected chi connectivity index (χ1v) is 7.80. The Labute approximate surface area is 137 Å². The van der Waals surface area contributed by atoms with Gasteiger partial charge in [0.25, 0.3) is 5.91 Å². The van der Waals surface area contributed by atoms with Gasteiger partial charge in [-0.3, -0.25) is 9.69 Å². The zero-order valence-corrected chi connectivity index (χ0v) is 13.5. The van der Waals surface area contributed by atoms with E-state index in [-0.39, 0.29) is 31.1 Å². The molecule has 24 heavy (non-hydrogen) atoms. The standard InChI is InChI=1S/C16H19F3N4O/c1-10-7-22(8-11(2)23(10)9-16(17,18)19)15(24)14-4-3-12-13(21-14)5-6-20-12/h3-6,10-11,20H,7-9H2,1-2H3/t10-,11+. The Balaban J connectivity index is 1.75. The van der Waals surface area contributed by atoms with Crippen LogP contribution in [0.3, 0.4) is 0 Å². The number of H-pyrrole nitrogens is 1. The fraction of sp³-hybridized carbons (Fsp3) is 0.500. The predicted octanol–water partition coefficient (Wildman–Crippen LogP) is 2.66. The predicted molar refractivity (Wildman–Crippen MR) is 83.7 cm³/mol. The van der Waals surface area contributed by atoms with E-state index in [1.165, 1.54) is 4.90 Å². The molecule has 8 heteroatoms. The first kappa shape index (κ1) is 16.8. The number of aromatic amines is 1. The van der Waals surface area contributed by atoms with Crippen molar-refractivity contribution in [3.8, 4) is 0 Å². The third-order valence-electron chi connectivity index (χ3n) is 4.37. The number of carbonyl (C=O) groups is 1. The Morgan fingerprint density at radius 2 is 1.92 bits per heavy atom. The SMILES string of the molecule is C[C@@H]1CN(C(=O)c2ccc3[nH]ccc3n2)C[C@H](C)N1CC(F)(F)F. The summed E-state index contributed by atoms with van der Waals surface area (Å²) >= 11 is 0. The van der Waals surface area contributed by atoms with Gasteiger partial charge in [0.15, 0.2) is 0 Å². The van der Waals surface area contributed by atoms with Crippen LogP contribution in [-0.2, 0) is 0 Å². The molecular weight excluding hydrogens is 321 g/mol. The van der Waals surface area contributed by atoms with Crippen molar-refractivity contribution in [3.05, 3.63) is 30.1 Å². The van der Waals surface area contributed by atoms with Crippen LogP contribution in [0.4, 0.5) is 13.2 Å². The second-order valence-electron chi connectivity index (χ2n) is 6.30. The van der Waals surface area contributed by atoms with Crippen molar-refractivity contribution in [2.45, 2.75) is 32.1 Å². The Hall–Kier alpha value is -2.09. The molecule has 0 aromatic carbocycles. The first-order chi connectivity index (χ1) is 11.2. The number of piperazine rings is 1. The fourth-order valence-electron chi connectivity index (χ4n) is 3.26. The van der Waals surface area contributed by atoms with Crippen molar-refractivity contribution in [2.24, 2.45) is 0 Å². The summed E-state index contributed by atoms with van der Waals surface area (Å²) in [6.45, 7) is 2.98. The van der Waals surface area contributed by atoms with Crippen molar-refractivity contribution in [3.63, 3.8) is 0 Å². The van der Waals surface area contributed by atoms with Gasteiger partial charge in [0, 0.05) is 31.4 Å². The minimum atomic E-state index is -4.24. The van der Waals surface area contributed by atoms with Gasteiger partial charge in [-0.2, -0.15) is 13.2 Å². The summed E-state index contributed by atoms with van der Waals surface area (Å²) in [7, 11) is 0. The fourth-order valence-corrected chi connectivity index (χ4v) is 3.26. The molecule has 1 aliphatic rings. The lowest BCUT2D eigenvalue weighted by molar-refractivity contribution is -0.160. The van der Waals surface area contributed by atoms with Gasteiger partial charge < -0.3 is 9.88 Å². The lowest BCUT2D eigenvalue weighted by Crippen LogP contribution is -2.59. The highest BCUT2D eigenvalue weighted by Gasteiger charge is 2.39. The Morgan fingerprint density at radius 3 is 2.54 bits per heavy atom. The minimum Gasteiger partial charge on any atom is -0.360 e. The van der Waals surface area contributed by atoms with Crippen LogP contribution in [0.1, 0.15) is 24.3 Å². The van der Waals surface area contributed by atoms with Gasteiger partial charge in [-0.15, -0.1) is 0 Å². The first-order valence-electron chi connectivity index (χ1n) is 7.80. The average Bonchev–Trinajstić information content (AvgIpc) is 2.96. The maximum atomic E-state index is 12.7. The van der Waals surface area contributed by atoms with Crippen molar-refractivity contribution >= 4 is 16.9 Å². The molecule has 5 nitrogen and oxygen atoms in total. The zero-order chi connectivity index (χ0) is 17.5. The van der Waals surface area contributed by atoms with Crippen molar-refractivity contribution in [1.29, 1.82) is 0 Å². The molecule has 0 saturated carbocycles. The minimum absolute atomic E-state index is 0.247. The molecule has 2 aromatic heterocycles. The molecule has 1 fully saturated rings. The third-order valence-corrected chi connectivity index (χ3v) is 4.37. The van der Waals surface area contributed by atoms with E-state index in [0.29, 0.717) is 11.2 Å². The highest BCUT2D eigenvalue weighted by Crippen LogP contribution is 2.24. The van der Waals surface area contributed by atoms with Gasteiger partial charge in [0.05, 0.1) is 17.6 Å². The lowest BCUT2D eigenvalue weighted by atomic mass is 10.1. The number of hydrogen-bond acceptors (Lipinski definition) is 3. The van der Waals surface area contributed by atoms with E-state index in [9.17, 15) is 18.0 Å². The van der Waals surface area contributed by atoms with Crippen molar-refractivity contribution < 1.29 is 18.0 Å². The van der Waals surface area contributed by atoms with Gasteiger partial charge in [0.1, 0.15) is 5.69 Å². The number of carbonyl (C=O) groups excluding carboxylic acids is 1. The molecule has 0 bridgehead atoms. The van der Waals surface area contributed by atoms with Crippen molar-refractivity contribution in [1.82, 2.24) is 19.8 Å².